The van der Waals surface area contributed by atoms with Crippen molar-refractivity contribution in [2.45, 2.75) is 71.0 Å². The van der Waals surface area contributed by atoms with Crippen LogP contribution in [0, 0.1) is 0 Å². The van der Waals surface area contributed by atoms with Crippen LogP contribution in [0.2, 0.25) is 0 Å². The molecule has 1 aromatic carbocycles. The first kappa shape index (κ1) is 26.1. The van der Waals surface area contributed by atoms with Crippen molar-refractivity contribution in [3.63, 3.8) is 0 Å². The number of fused-ring (bicyclic) bond motifs is 1. The molecule has 1 fully saturated rings. The first-order valence-corrected chi connectivity index (χ1v) is 13.2. The topological polar surface area (TPSA) is 88.2 Å². The first-order valence-electron chi connectivity index (χ1n) is 13.2. The molecule has 1 atom stereocenters. The third-order valence-corrected chi connectivity index (χ3v) is 6.83. The van der Waals surface area contributed by atoms with Crippen LogP contribution in [0.1, 0.15) is 62.5 Å². The molecule has 0 bridgehead atoms. The Morgan fingerprint density at radius 1 is 1.11 bits per heavy atom. The summed E-state index contributed by atoms with van der Waals surface area (Å²) in [5, 5.41) is 11.3. The molecule has 3 aromatic rings. The number of ether oxygens (including phenoxy) is 2. The average Bonchev–Trinajstić information content (AvgIpc) is 3.51. The van der Waals surface area contributed by atoms with Crippen LogP contribution in [0.4, 0.5) is 10.2 Å². The van der Waals surface area contributed by atoms with Crippen LogP contribution in [0.5, 0.6) is 11.5 Å². The van der Waals surface area contributed by atoms with Gasteiger partial charge in [-0.25, -0.2) is 14.4 Å². The first-order chi connectivity index (χ1) is 17.6. The van der Waals surface area contributed by atoms with Gasteiger partial charge in [-0.2, -0.15) is 5.10 Å². The van der Waals surface area contributed by atoms with Crippen molar-refractivity contribution in [1.82, 2.24) is 25.1 Å². The Labute approximate surface area is 213 Å². The smallest absolute Gasteiger partial charge is 0.156 e. The van der Waals surface area contributed by atoms with E-state index in [2.05, 4.69) is 27.3 Å². The number of H-pyrrole nitrogens is 1. The minimum Gasteiger partial charge on any atom is -0.497 e. The number of hydrogen-bond acceptors (Lipinski definition) is 7. The average molecular weight is 499 g/mol. The maximum atomic E-state index is 13.4. The van der Waals surface area contributed by atoms with Crippen LogP contribution in [0.25, 0.3) is 11.0 Å². The summed E-state index contributed by atoms with van der Waals surface area (Å²) >= 11 is 0. The van der Waals surface area contributed by atoms with Crippen LogP contribution in [-0.2, 0) is 19.4 Å². The van der Waals surface area contributed by atoms with Gasteiger partial charge in [-0.3, -0.25) is 5.10 Å². The molecule has 0 spiro atoms. The van der Waals surface area contributed by atoms with E-state index < -0.39 is 6.17 Å². The molecule has 0 aliphatic carbocycles. The number of alkyl halides is 1. The van der Waals surface area contributed by atoms with Crippen molar-refractivity contribution >= 4 is 16.9 Å². The number of likely N-dealkylation sites (tertiary alicyclic amines) is 1. The highest BCUT2D eigenvalue weighted by Gasteiger charge is 2.21. The number of anilines is 1. The number of methoxy groups -OCH3 is 2. The zero-order valence-corrected chi connectivity index (χ0v) is 21.8. The second-order valence-corrected chi connectivity index (χ2v) is 9.51. The molecule has 1 aliphatic rings. The van der Waals surface area contributed by atoms with Gasteiger partial charge in [-0.15, -0.1) is 0 Å². The van der Waals surface area contributed by atoms with E-state index in [1.54, 1.807) is 14.2 Å². The minimum absolute atomic E-state index is 0.553. The van der Waals surface area contributed by atoms with Gasteiger partial charge < -0.3 is 19.7 Å². The molecule has 1 aliphatic heterocycles. The summed E-state index contributed by atoms with van der Waals surface area (Å²) in [6.07, 6.45) is 7.08. The number of nitrogens with one attached hydrogen (secondary N) is 2. The fraction of sp³-hybridized carbons (Fsp3) is 0.593. The molecule has 8 nitrogen and oxygen atoms in total. The highest BCUT2D eigenvalue weighted by Crippen LogP contribution is 2.27. The molecule has 9 heteroatoms. The Morgan fingerprint density at radius 3 is 2.75 bits per heavy atom. The van der Waals surface area contributed by atoms with E-state index in [4.69, 9.17) is 19.4 Å². The van der Waals surface area contributed by atoms with Gasteiger partial charge in [0.05, 0.1) is 19.9 Å². The number of halogens is 1. The number of rotatable bonds is 14. The van der Waals surface area contributed by atoms with Crippen LogP contribution in [0.15, 0.2) is 18.2 Å². The minimum atomic E-state index is -0.643. The van der Waals surface area contributed by atoms with Gasteiger partial charge in [0.1, 0.15) is 34.5 Å². The molecule has 1 unspecified atom stereocenters. The van der Waals surface area contributed by atoms with Crippen molar-refractivity contribution in [3.8, 4) is 11.5 Å². The SMILES string of the molecule is CCCCc1nc(NCc2ccc(OC)cc2OC)c2[nH]nc(CCCCCN3CCC(F)C3)c2n1. The molecule has 0 amide bonds. The van der Waals surface area contributed by atoms with Crippen molar-refractivity contribution in [3.05, 3.63) is 35.3 Å². The molecule has 2 N–H and O–H groups in total. The molecule has 3 heterocycles. The summed E-state index contributed by atoms with van der Waals surface area (Å²) in [7, 11) is 3.31. The van der Waals surface area contributed by atoms with Gasteiger partial charge in [0, 0.05) is 37.7 Å². The lowest BCUT2D eigenvalue weighted by molar-refractivity contribution is 0.283. The van der Waals surface area contributed by atoms with Crippen LogP contribution in [0.3, 0.4) is 0 Å². The molecule has 196 valence electrons. The molecular weight excluding hydrogens is 459 g/mol. The Balaban J connectivity index is 1.43. The Hall–Kier alpha value is -2.94. The highest BCUT2D eigenvalue weighted by molar-refractivity contribution is 5.87. The van der Waals surface area contributed by atoms with E-state index in [9.17, 15) is 4.39 Å². The predicted octanol–water partition coefficient (Wildman–Crippen LogP) is 5.08. The monoisotopic (exact) mass is 498 g/mol. The molecule has 0 saturated carbocycles. The highest BCUT2D eigenvalue weighted by atomic mass is 19.1. The van der Waals surface area contributed by atoms with Crippen molar-refractivity contribution in [2.24, 2.45) is 0 Å². The predicted molar refractivity (Wildman–Crippen MR) is 141 cm³/mol. The standard InChI is InChI=1S/C27H39FN6O2/c1-4-5-10-24-30-25-22(9-7-6-8-14-34-15-13-20(28)18-34)32-33-26(25)27(31-24)29-17-19-11-12-21(35-2)16-23(19)36-3/h11-12,16,20H,4-10,13-15,17-18H2,1-3H3,(H,32,33)(H,29,30,31). The van der Waals surface area contributed by atoms with Crippen molar-refractivity contribution < 1.29 is 13.9 Å². The molecule has 36 heavy (non-hydrogen) atoms. The second-order valence-electron chi connectivity index (χ2n) is 9.51. The number of benzene rings is 1. The fourth-order valence-corrected chi connectivity index (χ4v) is 4.72. The van der Waals surface area contributed by atoms with Crippen molar-refractivity contribution in [1.29, 1.82) is 0 Å². The van der Waals surface area contributed by atoms with E-state index >= 15 is 0 Å². The largest absolute Gasteiger partial charge is 0.497 e. The second kappa shape index (κ2) is 12.9. The number of aryl methyl sites for hydroxylation is 2. The Kier molecular flexibility index (Phi) is 9.33. The molecule has 4 rings (SSSR count). The maximum absolute atomic E-state index is 13.4. The molecule has 1 saturated heterocycles. The van der Waals surface area contributed by atoms with E-state index in [1.807, 2.05) is 18.2 Å². The number of hydrogen-bond donors (Lipinski definition) is 2. The summed E-state index contributed by atoms with van der Waals surface area (Å²) < 4.78 is 24.2. The summed E-state index contributed by atoms with van der Waals surface area (Å²) in [5.74, 6) is 3.12. The zero-order valence-electron chi connectivity index (χ0n) is 21.8. The van der Waals surface area contributed by atoms with Gasteiger partial charge >= 0.3 is 0 Å². The fourth-order valence-electron chi connectivity index (χ4n) is 4.72. The third kappa shape index (κ3) is 6.63. The Bertz CT molecular complexity index is 1120. The van der Waals surface area contributed by atoms with Crippen LogP contribution >= 0.6 is 0 Å². The maximum Gasteiger partial charge on any atom is 0.156 e. The van der Waals surface area contributed by atoms with Gasteiger partial charge in [-0.1, -0.05) is 19.8 Å². The third-order valence-electron chi connectivity index (χ3n) is 6.83. The van der Waals surface area contributed by atoms with Gasteiger partial charge in [-0.05, 0) is 50.8 Å². The van der Waals surface area contributed by atoms with Crippen LogP contribution in [-0.4, -0.2) is 65.1 Å². The Morgan fingerprint density at radius 2 is 2.00 bits per heavy atom. The number of nitrogens with zero attached hydrogens (tertiary/aromatic N) is 4. The summed E-state index contributed by atoms with van der Waals surface area (Å²) in [4.78, 5) is 11.9. The zero-order chi connectivity index (χ0) is 25.3. The van der Waals surface area contributed by atoms with E-state index in [1.165, 1.54) is 0 Å². The lowest BCUT2D eigenvalue weighted by atomic mass is 10.1. The van der Waals surface area contributed by atoms with Gasteiger partial charge in [0.25, 0.3) is 0 Å². The summed E-state index contributed by atoms with van der Waals surface area (Å²) in [5.41, 5.74) is 3.74. The van der Waals surface area contributed by atoms with Gasteiger partial charge in [0.2, 0.25) is 0 Å². The molecule has 0 radical (unpaired) electrons. The molecule has 2 aromatic heterocycles. The van der Waals surface area contributed by atoms with E-state index in [-0.39, 0.29) is 0 Å². The molecular formula is C27H39FN6O2. The summed E-state index contributed by atoms with van der Waals surface area (Å²) in [6, 6.07) is 5.80. The number of aromatic nitrogens is 4. The number of aromatic amines is 1. The lowest BCUT2D eigenvalue weighted by Gasteiger charge is -2.13. The number of unbranched alkanes of at least 4 members (excludes halogenated alkanes) is 3. The van der Waals surface area contributed by atoms with Crippen LogP contribution < -0.4 is 14.8 Å². The van der Waals surface area contributed by atoms with E-state index in [0.29, 0.717) is 19.5 Å². The normalized spacial score (nSPS) is 16.1. The van der Waals surface area contributed by atoms with Gasteiger partial charge in [0.15, 0.2) is 5.82 Å². The summed E-state index contributed by atoms with van der Waals surface area (Å²) in [6.45, 7) is 5.19. The van der Waals surface area contributed by atoms with E-state index in [0.717, 1.165) is 103 Å². The van der Waals surface area contributed by atoms with Crippen molar-refractivity contribution in [2.75, 3.05) is 39.2 Å². The lowest BCUT2D eigenvalue weighted by Crippen LogP contribution is -2.22. The quantitative estimate of drug-likeness (QED) is 0.300.